The second-order valence-electron chi connectivity index (χ2n) is 5.02. The Labute approximate surface area is 91.4 Å². The normalized spacial score (nSPS) is 27.5. The molecule has 2 N–H and O–H groups in total. The van der Waals surface area contributed by atoms with E-state index in [1.54, 1.807) is 7.11 Å². The highest BCUT2D eigenvalue weighted by molar-refractivity contribution is 5.48. The first-order valence-electron chi connectivity index (χ1n) is 5.39. The lowest BCUT2D eigenvalue weighted by atomic mass is 10.00. The van der Waals surface area contributed by atoms with Crippen LogP contribution in [0.25, 0.3) is 0 Å². The molecule has 2 heteroatoms. The number of hydrogen-bond donors (Lipinski definition) is 1. The number of benzene rings is 1. The maximum Gasteiger partial charge on any atom is 0.125 e. The molecule has 2 nitrogen and oxygen atoms in total. The van der Waals surface area contributed by atoms with Gasteiger partial charge in [0.2, 0.25) is 0 Å². The van der Waals surface area contributed by atoms with Crippen molar-refractivity contribution >= 4 is 0 Å². The van der Waals surface area contributed by atoms with Crippen molar-refractivity contribution in [3.63, 3.8) is 0 Å². The van der Waals surface area contributed by atoms with Crippen molar-refractivity contribution in [3.05, 3.63) is 29.3 Å². The van der Waals surface area contributed by atoms with Gasteiger partial charge >= 0.3 is 0 Å². The summed E-state index contributed by atoms with van der Waals surface area (Å²) in [5.41, 5.74) is 8.75. The number of hydrogen-bond acceptors (Lipinski definition) is 2. The van der Waals surface area contributed by atoms with Crippen LogP contribution in [-0.2, 0) is 0 Å². The van der Waals surface area contributed by atoms with Crippen LogP contribution in [0.15, 0.2) is 18.2 Å². The Hall–Kier alpha value is -1.02. The number of methoxy groups -OCH3 is 1. The summed E-state index contributed by atoms with van der Waals surface area (Å²) in [4.78, 5) is 0. The lowest BCUT2D eigenvalue weighted by Gasteiger charge is -2.11. The Bertz CT molecular complexity index is 384. The highest BCUT2D eigenvalue weighted by Gasteiger charge is 2.57. The van der Waals surface area contributed by atoms with Gasteiger partial charge in [-0.05, 0) is 23.5 Å². The number of aryl methyl sites for hydroxylation is 1. The van der Waals surface area contributed by atoms with Crippen molar-refractivity contribution in [2.24, 2.45) is 11.1 Å². The minimum Gasteiger partial charge on any atom is -0.496 e. The van der Waals surface area contributed by atoms with Crippen LogP contribution >= 0.6 is 0 Å². The van der Waals surface area contributed by atoms with Crippen LogP contribution in [0, 0.1) is 12.3 Å². The molecule has 2 atom stereocenters. The molecule has 82 valence electrons. The zero-order chi connectivity index (χ0) is 11.2. The Morgan fingerprint density at radius 2 is 1.93 bits per heavy atom. The molecule has 1 saturated carbocycles. The summed E-state index contributed by atoms with van der Waals surface area (Å²) in [6.07, 6.45) is 0. The molecule has 0 unspecified atom stereocenters. The average Bonchev–Trinajstić information content (AvgIpc) is 2.66. The first kappa shape index (κ1) is 10.5. The molecule has 0 heterocycles. The van der Waals surface area contributed by atoms with Gasteiger partial charge in [0.15, 0.2) is 0 Å². The predicted molar refractivity (Wildman–Crippen MR) is 62.2 cm³/mol. The highest BCUT2D eigenvalue weighted by Crippen LogP contribution is 2.59. The van der Waals surface area contributed by atoms with Crippen LogP contribution in [-0.4, -0.2) is 13.2 Å². The van der Waals surface area contributed by atoms with Crippen LogP contribution < -0.4 is 10.5 Å². The molecular formula is C13H19NO. The van der Waals surface area contributed by atoms with Crippen LogP contribution in [0.4, 0.5) is 0 Å². The third kappa shape index (κ3) is 1.44. The number of rotatable bonds is 2. The number of para-hydroxylation sites is 1. The van der Waals surface area contributed by atoms with E-state index in [2.05, 4.69) is 39.0 Å². The third-order valence-corrected chi connectivity index (χ3v) is 3.69. The minimum absolute atomic E-state index is 0.209. The van der Waals surface area contributed by atoms with E-state index in [0.717, 1.165) is 5.75 Å². The van der Waals surface area contributed by atoms with Gasteiger partial charge in [0.05, 0.1) is 7.11 Å². The number of nitrogens with two attached hydrogens (primary N) is 1. The fraction of sp³-hybridized carbons (Fsp3) is 0.538. The lowest BCUT2D eigenvalue weighted by molar-refractivity contribution is 0.404. The van der Waals surface area contributed by atoms with Crippen molar-refractivity contribution in [1.29, 1.82) is 0 Å². The maximum atomic E-state index is 6.09. The van der Waals surface area contributed by atoms with E-state index in [-0.39, 0.29) is 11.5 Å². The Morgan fingerprint density at radius 3 is 2.40 bits per heavy atom. The summed E-state index contributed by atoms with van der Waals surface area (Å²) in [7, 11) is 1.73. The van der Waals surface area contributed by atoms with Gasteiger partial charge in [-0.3, -0.25) is 0 Å². The van der Waals surface area contributed by atoms with Crippen molar-refractivity contribution in [2.75, 3.05) is 7.11 Å². The maximum absolute atomic E-state index is 6.09. The molecule has 0 saturated heterocycles. The molecule has 1 aromatic carbocycles. The Balaban J connectivity index is 2.42. The largest absolute Gasteiger partial charge is 0.496 e. The van der Waals surface area contributed by atoms with E-state index in [9.17, 15) is 0 Å². The molecule has 1 aromatic rings. The van der Waals surface area contributed by atoms with Gasteiger partial charge in [-0.2, -0.15) is 0 Å². The number of ether oxygens (including phenoxy) is 1. The molecule has 0 spiro atoms. The molecule has 0 bridgehead atoms. The fourth-order valence-corrected chi connectivity index (χ4v) is 2.47. The average molecular weight is 205 g/mol. The SMILES string of the molecule is COc1c(C)cccc1[C@@H]1[C@@H](N)C1(C)C. The van der Waals surface area contributed by atoms with E-state index in [1.165, 1.54) is 11.1 Å². The molecule has 2 rings (SSSR count). The van der Waals surface area contributed by atoms with E-state index in [1.807, 2.05) is 0 Å². The zero-order valence-electron chi connectivity index (χ0n) is 9.87. The van der Waals surface area contributed by atoms with E-state index in [4.69, 9.17) is 10.5 Å². The second-order valence-corrected chi connectivity index (χ2v) is 5.02. The van der Waals surface area contributed by atoms with Gasteiger partial charge in [-0.25, -0.2) is 0 Å². The van der Waals surface area contributed by atoms with Gasteiger partial charge in [0.1, 0.15) is 5.75 Å². The van der Waals surface area contributed by atoms with Gasteiger partial charge in [-0.15, -0.1) is 0 Å². The van der Waals surface area contributed by atoms with E-state index in [0.29, 0.717) is 5.92 Å². The first-order chi connectivity index (χ1) is 7.00. The summed E-state index contributed by atoms with van der Waals surface area (Å²) in [5.74, 6) is 1.44. The Kier molecular flexibility index (Phi) is 2.27. The van der Waals surface area contributed by atoms with Crippen LogP contribution in [0.5, 0.6) is 5.75 Å². The van der Waals surface area contributed by atoms with Gasteiger partial charge in [-0.1, -0.05) is 32.0 Å². The molecule has 1 fully saturated rings. The van der Waals surface area contributed by atoms with Gasteiger partial charge in [0, 0.05) is 12.0 Å². The lowest BCUT2D eigenvalue weighted by Crippen LogP contribution is -2.06. The molecule has 1 aliphatic rings. The highest BCUT2D eigenvalue weighted by atomic mass is 16.5. The molecule has 1 aliphatic carbocycles. The summed E-state index contributed by atoms with van der Waals surface area (Å²) >= 11 is 0. The van der Waals surface area contributed by atoms with Crippen LogP contribution in [0.3, 0.4) is 0 Å². The van der Waals surface area contributed by atoms with Gasteiger partial charge in [0.25, 0.3) is 0 Å². The molecule has 15 heavy (non-hydrogen) atoms. The minimum atomic E-state index is 0.209. The molecule has 0 aliphatic heterocycles. The first-order valence-corrected chi connectivity index (χ1v) is 5.39. The summed E-state index contributed by atoms with van der Waals surface area (Å²) in [5, 5.41) is 0. The van der Waals surface area contributed by atoms with Crippen molar-refractivity contribution in [3.8, 4) is 5.75 Å². The second kappa shape index (κ2) is 3.24. The van der Waals surface area contributed by atoms with Crippen molar-refractivity contribution in [1.82, 2.24) is 0 Å². The van der Waals surface area contributed by atoms with E-state index < -0.39 is 0 Å². The summed E-state index contributed by atoms with van der Waals surface area (Å²) < 4.78 is 5.46. The van der Waals surface area contributed by atoms with Crippen molar-refractivity contribution in [2.45, 2.75) is 32.7 Å². The molecular weight excluding hydrogens is 186 g/mol. The third-order valence-electron chi connectivity index (χ3n) is 3.69. The summed E-state index contributed by atoms with van der Waals surface area (Å²) in [6.45, 7) is 6.50. The topological polar surface area (TPSA) is 35.2 Å². The summed E-state index contributed by atoms with van der Waals surface area (Å²) in [6, 6.07) is 6.54. The van der Waals surface area contributed by atoms with Gasteiger partial charge < -0.3 is 10.5 Å². The monoisotopic (exact) mass is 205 g/mol. The fourth-order valence-electron chi connectivity index (χ4n) is 2.47. The predicted octanol–water partition coefficient (Wildman–Crippen LogP) is 2.45. The quantitative estimate of drug-likeness (QED) is 0.805. The Morgan fingerprint density at radius 1 is 1.33 bits per heavy atom. The van der Waals surface area contributed by atoms with Crippen LogP contribution in [0.2, 0.25) is 0 Å². The van der Waals surface area contributed by atoms with Crippen LogP contribution in [0.1, 0.15) is 30.9 Å². The van der Waals surface area contributed by atoms with E-state index >= 15 is 0 Å². The van der Waals surface area contributed by atoms with Crippen molar-refractivity contribution < 1.29 is 4.74 Å². The molecule has 0 aromatic heterocycles. The zero-order valence-corrected chi connectivity index (χ0v) is 9.87. The standard InChI is InChI=1S/C13H19NO/c1-8-6-5-7-9(11(8)15-4)10-12(14)13(10,2)3/h5-7,10,12H,14H2,1-4H3/t10-,12-/m1/s1. The smallest absolute Gasteiger partial charge is 0.125 e. The molecule has 0 radical (unpaired) electrons. The molecule has 0 amide bonds.